The minimum absolute atomic E-state index is 0.0714. The maximum atomic E-state index is 12.3. The molecule has 1 aromatic carbocycles. The molecule has 2 aromatic rings. The third kappa shape index (κ3) is 4.79. The third-order valence-electron chi connectivity index (χ3n) is 3.41. The Balaban J connectivity index is 2.07. The second-order valence-corrected chi connectivity index (χ2v) is 9.13. The Kier molecular flexibility index (Phi) is 5.23. The van der Waals surface area contributed by atoms with Gasteiger partial charge in [0, 0.05) is 23.8 Å². The number of anilines is 2. The summed E-state index contributed by atoms with van der Waals surface area (Å²) in [4.78, 5) is 15.9. The van der Waals surface area contributed by atoms with Crippen molar-refractivity contribution < 1.29 is 13.2 Å². The lowest BCUT2D eigenvalue weighted by Crippen LogP contribution is -2.29. The van der Waals surface area contributed by atoms with Crippen LogP contribution in [0.5, 0.6) is 0 Å². The number of nitrogens with zero attached hydrogens (tertiary/aromatic N) is 1. The smallest absolute Gasteiger partial charge is 0.308 e. The molecule has 1 heterocycles. The summed E-state index contributed by atoms with van der Waals surface area (Å²) in [6.07, 6.45) is 3.15. The molecule has 0 aliphatic carbocycles. The van der Waals surface area contributed by atoms with Crippen molar-refractivity contribution in [3.05, 3.63) is 54.4 Å². The summed E-state index contributed by atoms with van der Waals surface area (Å²) in [7, 11) is -3.28. The van der Waals surface area contributed by atoms with Gasteiger partial charge in [-0.1, -0.05) is 12.1 Å². The van der Waals surface area contributed by atoms with E-state index in [1.165, 1.54) is 0 Å². The quantitative estimate of drug-likeness (QED) is 0.887. The maximum absolute atomic E-state index is 12.3. The Morgan fingerprint density at radius 2 is 1.67 bits per heavy atom. The maximum Gasteiger partial charge on any atom is 0.323 e. The fourth-order valence-corrected chi connectivity index (χ4v) is 2.95. The van der Waals surface area contributed by atoms with Gasteiger partial charge in [0.15, 0.2) is 9.84 Å². The molecule has 2 N–H and O–H groups in total. The van der Waals surface area contributed by atoms with Crippen LogP contribution in [0.25, 0.3) is 0 Å². The van der Waals surface area contributed by atoms with E-state index < -0.39 is 20.6 Å². The summed E-state index contributed by atoms with van der Waals surface area (Å²) in [5, 5.41) is 5.36. The molecule has 2 rings (SSSR count). The lowest BCUT2D eigenvalue weighted by Gasteiger charge is -2.19. The number of carbonyl (C=O) groups excluding carboxylic acids is 1. The number of nitrogens with one attached hydrogen (secondary N) is 2. The highest BCUT2D eigenvalue weighted by Gasteiger charge is 2.28. The first-order valence-corrected chi connectivity index (χ1v) is 9.12. The topological polar surface area (TPSA) is 88.2 Å². The first kappa shape index (κ1) is 17.9. The zero-order valence-electron chi connectivity index (χ0n) is 13.9. The molecule has 128 valence electrons. The molecule has 0 spiro atoms. The van der Waals surface area contributed by atoms with E-state index in [0.29, 0.717) is 16.9 Å². The normalized spacial score (nSPS) is 11.8. The van der Waals surface area contributed by atoms with Crippen molar-refractivity contribution in [3.8, 4) is 0 Å². The molecule has 0 unspecified atom stereocenters. The van der Waals surface area contributed by atoms with Crippen LogP contribution in [0.4, 0.5) is 16.2 Å². The Bertz CT molecular complexity index is 812. The molecule has 24 heavy (non-hydrogen) atoms. The highest BCUT2D eigenvalue weighted by molar-refractivity contribution is 7.91. The van der Waals surface area contributed by atoms with Crippen molar-refractivity contribution in [2.45, 2.75) is 31.3 Å². The van der Waals surface area contributed by atoms with E-state index >= 15 is 0 Å². The number of pyridine rings is 1. The number of hydrogen-bond donors (Lipinski definition) is 2. The van der Waals surface area contributed by atoms with Crippen LogP contribution in [0.1, 0.15) is 26.3 Å². The highest BCUT2D eigenvalue weighted by Crippen LogP contribution is 2.22. The molecule has 0 aliphatic rings. The van der Waals surface area contributed by atoms with Crippen LogP contribution in [0, 0.1) is 0 Å². The Morgan fingerprint density at radius 3 is 2.29 bits per heavy atom. The molecule has 0 radical (unpaired) electrons. The molecule has 1 aromatic heterocycles. The predicted molar refractivity (Wildman–Crippen MR) is 95.7 cm³/mol. The van der Waals surface area contributed by atoms with Gasteiger partial charge >= 0.3 is 6.03 Å². The molecule has 0 aliphatic heterocycles. The van der Waals surface area contributed by atoms with Crippen molar-refractivity contribution in [1.29, 1.82) is 0 Å². The van der Waals surface area contributed by atoms with Gasteiger partial charge in [-0.25, -0.2) is 13.2 Å². The Morgan fingerprint density at radius 1 is 1.04 bits per heavy atom. The van der Waals surface area contributed by atoms with Gasteiger partial charge in [0.1, 0.15) is 0 Å². The van der Waals surface area contributed by atoms with Crippen LogP contribution in [-0.2, 0) is 15.6 Å². The van der Waals surface area contributed by atoms with Gasteiger partial charge in [0.2, 0.25) is 0 Å². The minimum Gasteiger partial charge on any atom is -0.308 e. The van der Waals surface area contributed by atoms with Crippen LogP contribution in [-0.4, -0.2) is 24.2 Å². The van der Waals surface area contributed by atoms with Gasteiger partial charge in [0.25, 0.3) is 0 Å². The molecule has 6 nitrogen and oxygen atoms in total. The minimum atomic E-state index is -3.28. The molecule has 0 bridgehead atoms. The monoisotopic (exact) mass is 347 g/mol. The number of urea groups is 1. The van der Waals surface area contributed by atoms with E-state index in [1.807, 2.05) is 0 Å². The largest absolute Gasteiger partial charge is 0.323 e. The number of aromatic nitrogens is 1. The number of carbonyl (C=O) groups is 1. The molecular weight excluding hydrogens is 326 g/mol. The van der Waals surface area contributed by atoms with E-state index in [2.05, 4.69) is 15.6 Å². The van der Waals surface area contributed by atoms with Crippen LogP contribution in [0.2, 0.25) is 0 Å². The summed E-state index contributed by atoms with van der Waals surface area (Å²) in [5.41, 5.74) is 1.78. The number of hydrogen-bond acceptors (Lipinski definition) is 4. The SMILES string of the molecule is CC(C)(C)S(=O)(=O)Cc1cccc(NC(=O)Nc2ccncc2)c1. The summed E-state index contributed by atoms with van der Waals surface area (Å²) in [6.45, 7) is 5.02. The van der Waals surface area contributed by atoms with Crippen molar-refractivity contribution in [2.75, 3.05) is 10.6 Å². The van der Waals surface area contributed by atoms with E-state index in [1.54, 1.807) is 69.6 Å². The fraction of sp³-hybridized carbons (Fsp3) is 0.294. The van der Waals surface area contributed by atoms with E-state index in [-0.39, 0.29) is 5.75 Å². The van der Waals surface area contributed by atoms with Gasteiger partial charge in [-0.15, -0.1) is 0 Å². The first-order chi connectivity index (χ1) is 11.2. The van der Waals surface area contributed by atoms with Crippen LogP contribution in [0.3, 0.4) is 0 Å². The average molecular weight is 347 g/mol. The van der Waals surface area contributed by atoms with Crippen LogP contribution in [0.15, 0.2) is 48.8 Å². The lowest BCUT2D eigenvalue weighted by molar-refractivity contribution is 0.262. The molecule has 2 amide bonds. The molecule has 0 saturated carbocycles. The molecular formula is C17H21N3O3S. The number of amides is 2. The number of benzene rings is 1. The molecule has 0 fully saturated rings. The van der Waals surface area contributed by atoms with Crippen molar-refractivity contribution in [2.24, 2.45) is 0 Å². The Hall–Kier alpha value is -2.41. The first-order valence-electron chi connectivity index (χ1n) is 7.47. The zero-order chi connectivity index (χ0) is 17.8. The summed E-state index contributed by atoms with van der Waals surface area (Å²) < 4.78 is 23.8. The summed E-state index contributed by atoms with van der Waals surface area (Å²) >= 11 is 0. The Labute approximate surface area is 142 Å². The summed E-state index contributed by atoms with van der Waals surface area (Å²) in [6, 6.07) is 9.76. The summed E-state index contributed by atoms with van der Waals surface area (Å²) in [5.74, 6) is -0.0714. The van der Waals surface area contributed by atoms with Crippen molar-refractivity contribution in [1.82, 2.24) is 4.98 Å². The lowest BCUT2D eigenvalue weighted by atomic mass is 10.2. The molecule has 7 heteroatoms. The van der Waals surface area contributed by atoms with Gasteiger partial charge in [-0.3, -0.25) is 4.98 Å². The van der Waals surface area contributed by atoms with Gasteiger partial charge in [-0.05, 0) is 50.6 Å². The van der Waals surface area contributed by atoms with Gasteiger partial charge < -0.3 is 10.6 Å². The van der Waals surface area contributed by atoms with E-state index in [9.17, 15) is 13.2 Å². The average Bonchev–Trinajstić information content (AvgIpc) is 2.46. The predicted octanol–water partition coefficient (Wildman–Crippen LogP) is 3.44. The fourth-order valence-electron chi connectivity index (χ4n) is 1.90. The van der Waals surface area contributed by atoms with Crippen molar-refractivity contribution >= 4 is 27.2 Å². The van der Waals surface area contributed by atoms with E-state index in [4.69, 9.17) is 0 Å². The second kappa shape index (κ2) is 7.00. The zero-order valence-corrected chi connectivity index (χ0v) is 14.7. The van der Waals surface area contributed by atoms with Crippen molar-refractivity contribution in [3.63, 3.8) is 0 Å². The molecule has 0 saturated heterocycles. The standard InChI is InChI=1S/C17H21N3O3S/c1-17(2,3)24(22,23)12-13-5-4-6-15(11-13)20-16(21)19-14-7-9-18-10-8-14/h4-11H,12H2,1-3H3,(H2,18,19,20,21). The van der Waals surface area contributed by atoms with Gasteiger partial charge in [0.05, 0.1) is 10.5 Å². The van der Waals surface area contributed by atoms with Crippen LogP contribution >= 0.6 is 0 Å². The number of rotatable bonds is 4. The van der Waals surface area contributed by atoms with E-state index in [0.717, 1.165) is 0 Å². The van der Waals surface area contributed by atoms with Crippen LogP contribution < -0.4 is 10.6 Å². The third-order valence-corrected chi connectivity index (χ3v) is 5.99. The second-order valence-electron chi connectivity index (χ2n) is 6.39. The number of sulfone groups is 1. The highest BCUT2D eigenvalue weighted by atomic mass is 32.2. The molecule has 0 atom stereocenters. The van der Waals surface area contributed by atoms with Gasteiger partial charge in [-0.2, -0.15) is 0 Å².